The van der Waals surface area contributed by atoms with Crippen LogP contribution in [0, 0.1) is 0 Å². The van der Waals surface area contributed by atoms with E-state index in [2.05, 4.69) is 6.92 Å². The predicted molar refractivity (Wildman–Crippen MR) is 58.2 cm³/mol. The molecule has 0 heterocycles. The van der Waals surface area contributed by atoms with Gasteiger partial charge in [0, 0.05) is 0 Å². The van der Waals surface area contributed by atoms with Crippen molar-refractivity contribution in [2.75, 3.05) is 5.75 Å². The minimum atomic E-state index is -3.05. The number of aryl methyl sites for hydroxylation is 1. The molecule has 0 aliphatic carbocycles. The van der Waals surface area contributed by atoms with Gasteiger partial charge in [0.1, 0.15) is 0 Å². The number of sulfone groups is 1. The van der Waals surface area contributed by atoms with Gasteiger partial charge in [-0.15, -0.1) is 0 Å². The third-order valence-corrected chi connectivity index (χ3v) is 4.04. The van der Waals surface area contributed by atoms with Crippen molar-refractivity contribution < 1.29 is 8.42 Å². The lowest BCUT2D eigenvalue weighted by Crippen LogP contribution is -2.06. The molecule has 1 aromatic carbocycles. The van der Waals surface area contributed by atoms with E-state index in [0.717, 1.165) is 18.4 Å². The molecule has 0 fully saturated rings. The van der Waals surface area contributed by atoms with E-state index in [1.54, 1.807) is 19.1 Å². The molecule has 0 bridgehead atoms. The largest absolute Gasteiger partial charge is 0.224 e. The quantitative estimate of drug-likeness (QED) is 0.768. The van der Waals surface area contributed by atoms with Crippen molar-refractivity contribution in [1.82, 2.24) is 0 Å². The van der Waals surface area contributed by atoms with Gasteiger partial charge in [-0.25, -0.2) is 8.42 Å². The minimum absolute atomic E-state index is 0.174. The molecular formula is C11H16O2S. The Morgan fingerprint density at radius 3 is 2.36 bits per heavy atom. The summed E-state index contributed by atoms with van der Waals surface area (Å²) in [5, 5.41) is 0. The predicted octanol–water partition coefficient (Wildman–Crippen LogP) is 2.43. The summed E-state index contributed by atoms with van der Waals surface area (Å²) < 4.78 is 23.4. The fourth-order valence-corrected chi connectivity index (χ4v) is 2.61. The van der Waals surface area contributed by atoms with Crippen molar-refractivity contribution >= 4 is 9.84 Å². The zero-order chi connectivity index (χ0) is 10.6. The molecule has 0 amide bonds. The van der Waals surface area contributed by atoms with Gasteiger partial charge in [-0.05, 0) is 18.1 Å². The molecule has 0 aliphatic heterocycles. The maximum Gasteiger partial charge on any atom is 0.178 e. The van der Waals surface area contributed by atoms with E-state index in [1.807, 2.05) is 12.1 Å². The fraction of sp³-hybridized carbons (Fsp3) is 0.455. The molecule has 0 aromatic heterocycles. The number of hydrogen-bond acceptors (Lipinski definition) is 2. The minimum Gasteiger partial charge on any atom is -0.224 e. The molecule has 14 heavy (non-hydrogen) atoms. The first-order chi connectivity index (χ1) is 6.61. The highest BCUT2D eigenvalue weighted by Gasteiger charge is 2.14. The van der Waals surface area contributed by atoms with Gasteiger partial charge in [-0.2, -0.15) is 0 Å². The molecule has 3 heteroatoms. The van der Waals surface area contributed by atoms with E-state index in [9.17, 15) is 8.42 Å². The van der Waals surface area contributed by atoms with Crippen LogP contribution in [0.3, 0.4) is 0 Å². The van der Waals surface area contributed by atoms with Crippen LogP contribution in [-0.4, -0.2) is 14.2 Å². The Morgan fingerprint density at radius 2 is 1.79 bits per heavy atom. The summed E-state index contributed by atoms with van der Waals surface area (Å²) in [6.07, 6.45) is 1.80. The first kappa shape index (κ1) is 11.2. The third-order valence-electron chi connectivity index (χ3n) is 2.21. The molecule has 0 saturated carbocycles. The maximum atomic E-state index is 11.7. The topological polar surface area (TPSA) is 34.1 Å². The lowest BCUT2D eigenvalue weighted by Gasteiger charge is -2.07. The van der Waals surface area contributed by atoms with Crippen molar-refractivity contribution in [1.29, 1.82) is 0 Å². The molecule has 0 spiro atoms. The van der Waals surface area contributed by atoms with Gasteiger partial charge in [-0.3, -0.25) is 0 Å². The standard InChI is InChI=1S/C11H16O2S/c1-3-7-10-8-5-6-9-11(10)14(12,13)4-2/h5-6,8-9H,3-4,7H2,1-2H3. The second-order valence-electron chi connectivity index (χ2n) is 3.26. The van der Waals surface area contributed by atoms with E-state index >= 15 is 0 Å². The van der Waals surface area contributed by atoms with Crippen LogP contribution in [0.2, 0.25) is 0 Å². The summed E-state index contributed by atoms with van der Waals surface area (Å²) in [7, 11) is -3.05. The van der Waals surface area contributed by atoms with Gasteiger partial charge < -0.3 is 0 Å². The summed E-state index contributed by atoms with van der Waals surface area (Å²) >= 11 is 0. The van der Waals surface area contributed by atoms with Crippen LogP contribution < -0.4 is 0 Å². The Morgan fingerprint density at radius 1 is 1.14 bits per heavy atom. The van der Waals surface area contributed by atoms with Crippen LogP contribution in [0.1, 0.15) is 25.8 Å². The van der Waals surface area contributed by atoms with Crippen molar-refractivity contribution in [2.45, 2.75) is 31.6 Å². The van der Waals surface area contributed by atoms with Gasteiger partial charge in [0.25, 0.3) is 0 Å². The molecule has 2 nitrogen and oxygen atoms in total. The van der Waals surface area contributed by atoms with Crippen LogP contribution in [0.15, 0.2) is 29.2 Å². The van der Waals surface area contributed by atoms with Crippen molar-refractivity contribution in [3.8, 4) is 0 Å². The first-order valence-electron chi connectivity index (χ1n) is 4.92. The number of rotatable bonds is 4. The Bertz CT molecular complexity index is 394. The molecule has 0 radical (unpaired) electrons. The fourth-order valence-electron chi connectivity index (χ4n) is 1.44. The second-order valence-corrected chi connectivity index (χ2v) is 5.51. The Kier molecular flexibility index (Phi) is 3.69. The third kappa shape index (κ3) is 2.35. The summed E-state index contributed by atoms with van der Waals surface area (Å²) in [5.41, 5.74) is 0.942. The Hall–Kier alpha value is -0.830. The number of hydrogen-bond donors (Lipinski definition) is 0. The Labute approximate surface area is 85.9 Å². The van der Waals surface area contributed by atoms with E-state index in [4.69, 9.17) is 0 Å². The van der Waals surface area contributed by atoms with E-state index in [0.29, 0.717) is 4.90 Å². The van der Waals surface area contributed by atoms with Crippen molar-refractivity contribution in [3.63, 3.8) is 0 Å². The zero-order valence-electron chi connectivity index (χ0n) is 8.66. The number of benzene rings is 1. The zero-order valence-corrected chi connectivity index (χ0v) is 9.47. The van der Waals surface area contributed by atoms with E-state index in [-0.39, 0.29) is 5.75 Å². The summed E-state index contributed by atoms with van der Waals surface area (Å²) in [5.74, 6) is 0.174. The van der Waals surface area contributed by atoms with Crippen LogP contribution >= 0.6 is 0 Å². The molecular weight excluding hydrogens is 196 g/mol. The summed E-state index contributed by atoms with van der Waals surface area (Å²) in [6, 6.07) is 7.26. The van der Waals surface area contributed by atoms with Crippen LogP contribution in [0.5, 0.6) is 0 Å². The summed E-state index contributed by atoms with van der Waals surface area (Å²) in [4.78, 5) is 0.504. The molecule has 1 rings (SSSR count). The smallest absolute Gasteiger partial charge is 0.178 e. The van der Waals surface area contributed by atoms with Gasteiger partial charge in [-0.1, -0.05) is 38.5 Å². The van der Waals surface area contributed by atoms with Crippen molar-refractivity contribution in [3.05, 3.63) is 29.8 Å². The van der Waals surface area contributed by atoms with Gasteiger partial charge in [0.2, 0.25) is 0 Å². The van der Waals surface area contributed by atoms with Gasteiger partial charge in [0.15, 0.2) is 9.84 Å². The van der Waals surface area contributed by atoms with Crippen molar-refractivity contribution in [2.24, 2.45) is 0 Å². The van der Waals surface area contributed by atoms with Gasteiger partial charge >= 0.3 is 0 Å². The summed E-state index contributed by atoms with van der Waals surface area (Å²) in [6.45, 7) is 3.73. The first-order valence-corrected chi connectivity index (χ1v) is 6.57. The van der Waals surface area contributed by atoms with E-state index in [1.165, 1.54) is 0 Å². The molecule has 0 saturated heterocycles. The van der Waals surface area contributed by atoms with Gasteiger partial charge in [0.05, 0.1) is 10.6 Å². The molecule has 1 aromatic rings. The maximum absolute atomic E-state index is 11.7. The lowest BCUT2D eigenvalue weighted by molar-refractivity contribution is 0.596. The van der Waals surface area contributed by atoms with Crippen LogP contribution in [0.4, 0.5) is 0 Å². The monoisotopic (exact) mass is 212 g/mol. The second kappa shape index (κ2) is 4.60. The highest BCUT2D eigenvalue weighted by Crippen LogP contribution is 2.18. The SMILES string of the molecule is CCCc1ccccc1S(=O)(=O)CC. The lowest BCUT2D eigenvalue weighted by atomic mass is 10.1. The highest BCUT2D eigenvalue weighted by molar-refractivity contribution is 7.91. The molecule has 78 valence electrons. The molecule has 0 unspecified atom stereocenters. The molecule has 0 N–H and O–H groups in total. The molecule has 0 atom stereocenters. The normalized spacial score (nSPS) is 11.6. The Balaban J connectivity index is 3.20. The highest BCUT2D eigenvalue weighted by atomic mass is 32.2. The average molecular weight is 212 g/mol. The van der Waals surface area contributed by atoms with E-state index < -0.39 is 9.84 Å². The molecule has 0 aliphatic rings. The van der Waals surface area contributed by atoms with Crippen LogP contribution in [-0.2, 0) is 16.3 Å². The van der Waals surface area contributed by atoms with Crippen LogP contribution in [0.25, 0.3) is 0 Å². The average Bonchev–Trinajstić information content (AvgIpc) is 2.19.